The van der Waals surface area contributed by atoms with E-state index in [4.69, 9.17) is 8.94 Å². The standard InChI is InChI=1S/C24H29N5O2/c1-2-3-7-17-10-12-19(13-11-17)23-27-20(16-25)24(30-23)26-15-14-21-28-22(29-31-21)18-8-5-4-6-9-18/h4-6,8-9,17,19,26H,2-3,7,10-15H2,1H3. The normalized spacial score (nSPS) is 18.6. The molecule has 3 aromatic rings. The second kappa shape index (κ2) is 10.3. The predicted octanol–water partition coefficient (Wildman–Crippen LogP) is 5.71. The zero-order valence-corrected chi connectivity index (χ0v) is 18.0. The van der Waals surface area contributed by atoms with Crippen LogP contribution in [0.2, 0.25) is 0 Å². The van der Waals surface area contributed by atoms with Crippen LogP contribution in [0.5, 0.6) is 0 Å². The molecule has 1 saturated carbocycles. The van der Waals surface area contributed by atoms with Gasteiger partial charge in [-0.1, -0.05) is 61.7 Å². The number of aromatic nitrogens is 3. The summed E-state index contributed by atoms with van der Waals surface area (Å²) in [6.45, 7) is 2.76. The van der Waals surface area contributed by atoms with E-state index in [2.05, 4.69) is 33.4 Å². The van der Waals surface area contributed by atoms with E-state index in [1.807, 2.05) is 30.3 Å². The zero-order valence-electron chi connectivity index (χ0n) is 18.0. The summed E-state index contributed by atoms with van der Waals surface area (Å²) in [5.41, 5.74) is 1.24. The molecule has 0 saturated heterocycles. The van der Waals surface area contributed by atoms with Gasteiger partial charge >= 0.3 is 0 Å². The Morgan fingerprint density at radius 2 is 1.94 bits per heavy atom. The minimum absolute atomic E-state index is 0.310. The molecule has 0 bridgehead atoms. The Bertz CT molecular complexity index is 997. The summed E-state index contributed by atoms with van der Waals surface area (Å²) in [5.74, 6) is 3.38. The molecule has 0 radical (unpaired) electrons. The number of nitriles is 1. The van der Waals surface area contributed by atoms with Crippen molar-refractivity contribution in [2.75, 3.05) is 11.9 Å². The fraction of sp³-hybridized carbons (Fsp3) is 0.500. The first kappa shape index (κ1) is 21.1. The van der Waals surface area contributed by atoms with E-state index in [1.165, 1.54) is 32.1 Å². The van der Waals surface area contributed by atoms with Crippen LogP contribution >= 0.6 is 0 Å². The van der Waals surface area contributed by atoms with Crippen LogP contribution in [0.25, 0.3) is 11.4 Å². The lowest BCUT2D eigenvalue weighted by molar-refractivity contribution is 0.278. The van der Waals surface area contributed by atoms with Gasteiger partial charge in [0, 0.05) is 24.4 Å². The monoisotopic (exact) mass is 419 g/mol. The van der Waals surface area contributed by atoms with Gasteiger partial charge in [0.05, 0.1) is 0 Å². The first-order chi connectivity index (χ1) is 15.3. The lowest BCUT2D eigenvalue weighted by atomic mass is 9.80. The van der Waals surface area contributed by atoms with Gasteiger partial charge in [0.2, 0.25) is 29.2 Å². The Kier molecular flexibility index (Phi) is 6.98. The first-order valence-corrected chi connectivity index (χ1v) is 11.3. The van der Waals surface area contributed by atoms with Gasteiger partial charge in [-0.2, -0.15) is 10.2 Å². The van der Waals surface area contributed by atoms with Gasteiger partial charge in [-0.05, 0) is 31.6 Å². The number of hydrogen-bond acceptors (Lipinski definition) is 7. The van der Waals surface area contributed by atoms with E-state index in [-0.39, 0.29) is 0 Å². The van der Waals surface area contributed by atoms with Gasteiger partial charge in [0.15, 0.2) is 0 Å². The molecule has 0 unspecified atom stereocenters. The third-order valence-corrected chi connectivity index (χ3v) is 6.04. The summed E-state index contributed by atoms with van der Waals surface area (Å²) in [5, 5.41) is 16.7. The quantitative estimate of drug-likeness (QED) is 0.473. The van der Waals surface area contributed by atoms with Crippen molar-refractivity contribution in [2.24, 2.45) is 5.92 Å². The Hall–Kier alpha value is -3.14. The fourth-order valence-electron chi connectivity index (χ4n) is 4.24. The molecule has 2 heterocycles. The summed E-state index contributed by atoms with van der Waals surface area (Å²) < 4.78 is 11.3. The van der Waals surface area contributed by atoms with Crippen molar-refractivity contribution in [1.29, 1.82) is 5.26 Å². The van der Waals surface area contributed by atoms with Crippen LogP contribution < -0.4 is 5.32 Å². The Balaban J connectivity index is 1.31. The summed E-state index contributed by atoms with van der Waals surface area (Å²) in [7, 11) is 0. The lowest BCUT2D eigenvalue weighted by Gasteiger charge is -2.26. The first-order valence-electron chi connectivity index (χ1n) is 11.3. The van der Waals surface area contributed by atoms with Gasteiger partial charge in [-0.3, -0.25) is 0 Å². The third-order valence-electron chi connectivity index (χ3n) is 6.04. The Morgan fingerprint density at radius 1 is 1.13 bits per heavy atom. The third kappa shape index (κ3) is 5.32. The van der Waals surface area contributed by atoms with E-state index >= 15 is 0 Å². The van der Waals surface area contributed by atoms with Gasteiger partial charge in [-0.25, -0.2) is 4.98 Å². The van der Waals surface area contributed by atoms with Crippen LogP contribution in [0.4, 0.5) is 5.88 Å². The van der Waals surface area contributed by atoms with Crippen LogP contribution in [-0.2, 0) is 6.42 Å². The van der Waals surface area contributed by atoms with Crippen LogP contribution in [-0.4, -0.2) is 21.7 Å². The molecule has 162 valence electrons. The molecule has 7 nitrogen and oxygen atoms in total. The zero-order chi connectivity index (χ0) is 21.5. The maximum absolute atomic E-state index is 9.46. The van der Waals surface area contributed by atoms with Crippen molar-refractivity contribution in [3.05, 3.63) is 47.8 Å². The Labute approximate surface area is 182 Å². The highest BCUT2D eigenvalue weighted by molar-refractivity contribution is 5.53. The number of oxazole rings is 1. The average molecular weight is 420 g/mol. The molecule has 1 fully saturated rings. The largest absolute Gasteiger partial charge is 0.424 e. The number of anilines is 1. The summed E-state index contributed by atoms with van der Waals surface area (Å²) in [6, 6.07) is 11.9. The van der Waals surface area contributed by atoms with E-state index in [1.54, 1.807) is 0 Å². The molecule has 0 atom stereocenters. The van der Waals surface area contributed by atoms with Crippen molar-refractivity contribution in [3.63, 3.8) is 0 Å². The molecule has 7 heteroatoms. The molecule has 2 aromatic heterocycles. The number of benzene rings is 1. The molecule has 1 aliphatic rings. The van der Waals surface area contributed by atoms with Crippen LogP contribution in [0.15, 0.2) is 39.3 Å². The molecule has 31 heavy (non-hydrogen) atoms. The molecule has 1 N–H and O–H groups in total. The van der Waals surface area contributed by atoms with Crippen molar-refractivity contribution >= 4 is 5.88 Å². The SMILES string of the molecule is CCCCC1CCC(c2nc(C#N)c(NCCc3nc(-c4ccccc4)no3)o2)CC1. The van der Waals surface area contributed by atoms with Crippen LogP contribution in [0, 0.1) is 17.2 Å². The number of nitrogens with zero attached hydrogens (tertiary/aromatic N) is 4. The minimum Gasteiger partial charge on any atom is -0.424 e. The summed E-state index contributed by atoms with van der Waals surface area (Å²) >= 11 is 0. The van der Waals surface area contributed by atoms with Crippen LogP contribution in [0.3, 0.4) is 0 Å². The molecule has 4 rings (SSSR count). The van der Waals surface area contributed by atoms with E-state index in [0.717, 1.165) is 24.3 Å². The molecule has 1 aromatic carbocycles. The highest BCUT2D eigenvalue weighted by atomic mass is 16.5. The molecule has 1 aliphatic carbocycles. The highest BCUT2D eigenvalue weighted by Crippen LogP contribution is 2.38. The number of rotatable bonds is 9. The van der Waals surface area contributed by atoms with E-state index < -0.39 is 0 Å². The van der Waals surface area contributed by atoms with Crippen molar-refractivity contribution < 1.29 is 8.94 Å². The van der Waals surface area contributed by atoms with Crippen molar-refractivity contribution in [1.82, 2.24) is 15.1 Å². The minimum atomic E-state index is 0.310. The lowest BCUT2D eigenvalue weighted by Crippen LogP contribution is -2.13. The molecule has 0 spiro atoms. The predicted molar refractivity (Wildman–Crippen MR) is 117 cm³/mol. The average Bonchev–Trinajstić information content (AvgIpc) is 3.46. The van der Waals surface area contributed by atoms with Gasteiger partial charge in [0.25, 0.3) is 0 Å². The maximum Gasteiger partial charge on any atom is 0.232 e. The molecular weight excluding hydrogens is 390 g/mol. The van der Waals surface area contributed by atoms with Crippen LogP contribution in [0.1, 0.15) is 75.3 Å². The number of unbranched alkanes of at least 4 members (excludes halogenated alkanes) is 1. The topological polar surface area (TPSA) is 101 Å². The van der Waals surface area contributed by atoms with Gasteiger partial charge in [0.1, 0.15) is 6.07 Å². The fourth-order valence-corrected chi connectivity index (χ4v) is 4.24. The van der Waals surface area contributed by atoms with Gasteiger partial charge in [-0.15, -0.1) is 0 Å². The molecular formula is C24H29N5O2. The van der Waals surface area contributed by atoms with E-state index in [9.17, 15) is 5.26 Å². The maximum atomic E-state index is 9.46. The summed E-state index contributed by atoms with van der Waals surface area (Å²) in [4.78, 5) is 8.90. The Morgan fingerprint density at radius 3 is 2.68 bits per heavy atom. The smallest absolute Gasteiger partial charge is 0.232 e. The second-order valence-corrected chi connectivity index (χ2v) is 8.26. The summed E-state index contributed by atoms with van der Waals surface area (Å²) in [6.07, 6.45) is 9.05. The number of hydrogen-bond donors (Lipinski definition) is 1. The van der Waals surface area contributed by atoms with Crippen molar-refractivity contribution in [3.8, 4) is 17.5 Å². The second-order valence-electron chi connectivity index (χ2n) is 8.26. The highest BCUT2D eigenvalue weighted by Gasteiger charge is 2.27. The molecule has 0 amide bonds. The molecule has 0 aliphatic heterocycles. The van der Waals surface area contributed by atoms with Crippen molar-refractivity contribution in [2.45, 2.75) is 64.2 Å². The number of nitrogens with one attached hydrogen (secondary N) is 1. The van der Waals surface area contributed by atoms with Gasteiger partial charge < -0.3 is 14.3 Å². The van der Waals surface area contributed by atoms with E-state index in [0.29, 0.717) is 48.1 Å².